The smallest absolute Gasteiger partial charge is 0.0256 e. The van der Waals surface area contributed by atoms with Crippen molar-refractivity contribution in [3.8, 4) is 0 Å². The minimum absolute atomic E-state index is 0.402. The Bertz CT molecular complexity index is 444. The van der Waals surface area contributed by atoms with E-state index in [4.69, 9.17) is 0 Å². The number of hydrogen-bond donors (Lipinski definition) is 0. The molecule has 0 heteroatoms. The summed E-state index contributed by atoms with van der Waals surface area (Å²) in [5.41, 5.74) is 2.98. The van der Waals surface area contributed by atoms with Crippen LogP contribution in [-0.4, -0.2) is 0 Å². The number of rotatable bonds is 2. The van der Waals surface area contributed by atoms with Crippen molar-refractivity contribution in [3.05, 3.63) is 65.8 Å². The van der Waals surface area contributed by atoms with E-state index in [-0.39, 0.29) is 0 Å². The average molecular weight is 224 g/mol. The van der Waals surface area contributed by atoms with Crippen LogP contribution in [0, 0.1) is 5.41 Å². The summed E-state index contributed by atoms with van der Waals surface area (Å²) in [6.45, 7) is 4.63. The fourth-order valence-electron chi connectivity index (χ4n) is 1.94. The van der Waals surface area contributed by atoms with Crippen LogP contribution in [0.1, 0.15) is 32.3 Å². The second kappa shape index (κ2) is 5.18. The molecule has 2 rings (SSSR count). The maximum atomic E-state index is 2.34. The van der Waals surface area contributed by atoms with Crippen molar-refractivity contribution in [3.63, 3.8) is 0 Å². The van der Waals surface area contributed by atoms with E-state index in [9.17, 15) is 0 Å². The Balaban J connectivity index is 2.09. The van der Waals surface area contributed by atoms with Crippen molar-refractivity contribution in [2.24, 2.45) is 5.41 Å². The van der Waals surface area contributed by atoms with Crippen LogP contribution in [0.15, 0.2) is 60.2 Å². The zero-order valence-electron chi connectivity index (χ0n) is 10.7. The Morgan fingerprint density at radius 1 is 1.00 bits per heavy atom. The minimum atomic E-state index is 0.402. The van der Waals surface area contributed by atoms with Gasteiger partial charge < -0.3 is 0 Å². The summed E-state index contributed by atoms with van der Waals surface area (Å²) in [4.78, 5) is 0. The lowest BCUT2D eigenvalue weighted by atomic mass is 9.86. The third-order valence-corrected chi connectivity index (χ3v) is 3.14. The topological polar surface area (TPSA) is 0 Å². The Labute approximate surface area is 104 Å². The van der Waals surface area contributed by atoms with Gasteiger partial charge in [-0.25, -0.2) is 0 Å². The van der Waals surface area contributed by atoms with E-state index < -0.39 is 0 Å². The van der Waals surface area contributed by atoms with Crippen LogP contribution in [0.5, 0.6) is 0 Å². The summed E-state index contributed by atoms with van der Waals surface area (Å²) in [5, 5.41) is 0. The van der Waals surface area contributed by atoms with Crippen LogP contribution in [-0.2, 0) is 0 Å². The first-order chi connectivity index (χ1) is 8.16. The van der Waals surface area contributed by atoms with Crippen LogP contribution in [0.3, 0.4) is 0 Å². The van der Waals surface area contributed by atoms with Crippen LogP contribution in [0.25, 0.3) is 6.08 Å². The van der Waals surface area contributed by atoms with Gasteiger partial charge in [0.25, 0.3) is 0 Å². The van der Waals surface area contributed by atoms with E-state index >= 15 is 0 Å². The van der Waals surface area contributed by atoms with Gasteiger partial charge in [0, 0.05) is 0 Å². The molecule has 0 nitrogen and oxygen atoms in total. The first-order valence-electron chi connectivity index (χ1n) is 6.26. The summed E-state index contributed by atoms with van der Waals surface area (Å²) in [6.07, 6.45) is 13.5. The van der Waals surface area contributed by atoms with Gasteiger partial charge in [-0.05, 0) is 29.4 Å². The molecular weight excluding hydrogens is 204 g/mol. The molecule has 0 N–H and O–H groups in total. The molecule has 1 aromatic carbocycles. The third-order valence-electron chi connectivity index (χ3n) is 3.14. The Kier molecular flexibility index (Phi) is 3.63. The van der Waals surface area contributed by atoms with E-state index in [1.807, 2.05) is 6.07 Å². The highest BCUT2D eigenvalue weighted by Crippen LogP contribution is 2.29. The summed E-state index contributed by atoms with van der Waals surface area (Å²) in [7, 11) is 0. The molecule has 0 aliphatic heterocycles. The SMILES string of the molecule is CC1(C)CC=CC(/C=C\c2ccccc2)=CC1. The molecule has 0 amide bonds. The average Bonchev–Trinajstić information content (AvgIpc) is 2.49. The second-order valence-corrected chi connectivity index (χ2v) is 5.42. The molecule has 88 valence electrons. The normalized spacial score (nSPS) is 19.1. The quantitative estimate of drug-likeness (QED) is 0.663. The van der Waals surface area contributed by atoms with Crippen molar-refractivity contribution in [1.29, 1.82) is 0 Å². The van der Waals surface area contributed by atoms with E-state index in [1.165, 1.54) is 11.1 Å². The molecule has 0 atom stereocenters. The molecule has 0 aromatic heterocycles. The lowest BCUT2D eigenvalue weighted by Crippen LogP contribution is -2.07. The molecule has 1 aliphatic carbocycles. The molecule has 0 bridgehead atoms. The summed E-state index contributed by atoms with van der Waals surface area (Å²) in [6, 6.07) is 10.4. The molecule has 0 saturated carbocycles. The lowest BCUT2D eigenvalue weighted by Gasteiger charge is -2.19. The second-order valence-electron chi connectivity index (χ2n) is 5.42. The highest BCUT2D eigenvalue weighted by Gasteiger charge is 2.15. The molecule has 0 spiro atoms. The zero-order chi connectivity index (χ0) is 12.1. The van der Waals surface area contributed by atoms with E-state index in [1.54, 1.807) is 0 Å². The van der Waals surface area contributed by atoms with Crippen molar-refractivity contribution in [2.45, 2.75) is 26.7 Å². The lowest BCUT2D eigenvalue weighted by molar-refractivity contribution is 0.379. The molecule has 0 radical (unpaired) electrons. The maximum Gasteiger partial charge on any atom is -0.0256 e. The van der Waals surface area contributed by atoms with Crippen molar-refractivity contribution >= 4 is 6.08 Å². The molecular formula is C17H20. The van der Waals surface area contributed by atoms with Crippen LogP contribution >= 0.6 is 0 Å². The number of benzene rings is 1. The first kappa shape index (κ1) is 11.9. The minimum Gasteiger partial charge on any atom is -0.0834 e. The largest absolute Gasteiger partial charge is 0.0834 e. The van der Waals surface area contributed by atoms with Gasteiger partial charge in [0.15, 0.2) is 0 Å². The van der Waals surface area contributed by atoms with Gasteiger partial charge >= 0.3 is 0 Å². The van der Waals surface area contributed by atoms with E-state index in [0.717, 1.165) is 12.8 Å². The standard InChI is InChI=1S/C17H20/c1-17(2)13-6-9-16(12-14-17)11-10-15-7-4-3-5-8-15/h3-12H,13-14H2,1-2H3/b11-10-. The van der Waals surface area contributed by atoms with Gasteiger partial charge in [-0.1, -0.05) is 74.6 Å². The molecule has 0 saturated heterocycles. The van der Waals surface area contributed by atoms with Crippen molar-refractivity contribution in [1.82, 2.24) is 0 Å². The molecule has 0 heterocycles. The van der Waals surface area contributed by atoms with Gasteiger partial charge in [-0.2, -0.15) is 0 Å². The number of hydrogen-bond acceptors (Lipinski definition) is 0. The van der Waals surface area contributed by atoms with Crippen molar-refractivity contribution < 1.29 is 0 Å². The zero-order valence-corrected chi connectivity index (χ0v) is 10.7. The first-order valence-corrected chi connectivity index (χ1v) is 6.26. The third kappa shape index (κ3) is 3.74. The summed E-state index contributed by atoms with van der Waals surface area (Å²) in [5.74, 6) is 0. The predicted octanol–water partition coefficient (Wildman–Crippen LogP) is 5.00. The Morgan fingerprint density at radius 2 is 1.76 bits per heavy atom. The maximum absolute atomic E-state index is 2.34. The molecule has 0 unspecified atom stereocenters. The molecule has 1 aromatic rings. The molecule has 1 aliphatic rings. The van der Waals surface area contributed by atoms with Gasteiger partial charge in [-0.15, -0.1) is 0 Å². The Morgan fingerprint density at radius 3 is 2.53 bits per heavy atom. The predicted molar refractivity (Wildman–Crippen MR) is 75.7 cm³/mol. The highest BCUT2D eigenvalue weighted by molar-refractivity contribution is 5.54. The molecule has 0 fully saturated rings. The fraction of sp³-hybridized carbons (Fsp3) is 0.294. The highest BCUT2D eigenvalue weighted by atomic mass is 14.2. The van der Waals surface area contributed by atoms with E-state index in [2.05, 4.69) is 68.5 Å². The fourth-order valence-corrected chi connectivity index (χ4v) is 1.94. The van der Waals surface area contributed by atoms with Crippen molar-refractivity contribution in [2.75, 3.05) is 0 Å². The summed E-state index contributed by atoms with van der Waals surface area (Å²) >= 11 is 0. The van der Waals surface area contributed by atoms with E-state index in [0.29, 0.717) is 5.41 Å². The van der Waals surface area contributed by atoms with Gasteiger partial charge in [0.2, 0.25) is 0 Å². The van der Waals surface area contributed by atoms with Crippen LogP contribution < -0.4 is 0 Å². The van der Waals surface area contributed by atoms with Crippen LogP contribution in [0.2, 0.25) is 0 Å². The Hall–Kier alpha value is -1.56. The monoisotopic (exact) mass is 224 g/mol. The molecule has 17 heavy (non-hydrogen) atoms. The van der Waals surface area contributed by atoms with Gasteiger partial charge in [0.05, 0.1) is 0 Å². The van der Waals surface area contributed by atoms with Gasteiger partial charge in [0.1, 0.15) is 0 Å². The summed E-state index contributed by atoms with van der Waals surface area (Å²) < 4.78 is 0. The van der Waals surface area contributed by atoms with Crippen LogP contribution in [0.4, 0.5) is 0 Å². The van der Waals surface area contributed by atoms with Gasteiger partial charge in [-0.3, -0.25) is 0 Å². The number of allylic oxidation sites excluding steroid dienone is 5.